The van der Waals surface area contributed by atoms with E-state index in [-0.39, 0.29) is 11.7 Å². The number of ether oxygens (including phenoxy) is 1. The smallest absolute Gasteiger partial charge is 0.144 e. The zero-order valence-electron chi connectivity index (χ0n) is 11.4. The first kappa shape index (κ1) is 12.9. The van der Waals surface area contributed by atoms with Crippen molar-refractivity contribution < 1.29 is 9.53 Å². The highest BCUT2D eigenvalue weighted by Gasteiger charge is 2.23. The lowest BCUT2D eigenvalue weighted by Crippen LogP contribution is -2.26. The lowest BCUT2D eigenvalue weighted by Gasteiger charge is -2.20. The van der Waals surface area contributed by atoms with Gasteiger partial charge in [0.1, 0.15) is 5.78 Å². The van der Waals surface area contributed by atoms with Crippen molar-refractivity contribution in [1.82, 2.24) is 9.78 Å². The predicted molar refractivity (Wildman–Crippen MR) is 72.0 cm³/mol. The van der Waals surface area contributed by atoms with Crippen molar-refractivity contribution >= 4 is 5.78 Å². The lowest BCUT2D eigenvalue weighted by atomic mass is 9.95. The van der Waals surface area contributed by atoms with Gasteiger partial charge in [0.25, 0.3) is 0 Å². The van der Waals surface area contributed by atoms with Crippen LogP contribution < -0.4 is 0 Å². The molecule has 4 nitrogen and oxygen atoms in total. The molecule has 19 heavy (non-hydrogen) atoms. The van der Waals surface area contributed by atoms with Crippen LogP contribution in [0.4, 0.5) is 0 Å². The summed E-state index contributed by atoms with van der Waals surface area (Å²) in [6.07, 6.45) is 9.55. The predicted octanol–water partition coefficient (Wildman–Crippen LogP) is 2.54. The van der Waals surface area contributed by atoms with Crippen LogP contribution >= 0.6 is 0 Å². The number of Topliss-reactive ketones (excluding diaryl/α,β-unsaturated/α-hetero) is 1. The van der Waals surface area contributed by atoms with Crippen LogP contribution in [0.2, 0.25) is 0 Å². The monoisotopic (exact) mass is 262 g/mol. The van der Waals surface area contributed by atoms with E-state index >= 15 is 0 Å². The number of rotatable bonds is 4. The van der Waals surface area contributed by atoms with Gasteiger partial charge in [0.15, 0.2) is 0 Å². The number of aromatic nitrogens is 2. The van der Waals surface area contributed by atoms with Gasteiger partial charge >= 0.3 is 0 Å². The van der Waals surface area contributed by atoms with E-state index in [0.29, 0.717) is 19.1 Å². The second-order valence-electron chi connectivity index (χ2n) is 5.78. The van der Waals surface area contributed by atoms with Gasteiger partial charge in [-0.25, -0.2) is 0 Å². The van der Waals surface area contributed by atoms with Gasteiger partial charge in [0.05, 0.1) is 24.8 Å². The maximum Gasteiger partial charge on any atom is 0.144 e. The molecule has 2 aliphatic rings. The molecule has 2 heterocycles. The van der Waals surface area contributed by atoms with E-state index < -0.39 is 0 Å². The molecule has 1 aromatic rings. The van der Waals surface area contributed by atoms with E-state index in [9.17, 15) is 4.79 Å². The number of carbonyl (C=O) groups excluding carboxylic acids is 1. The minimum absolute atomic E-state index is 0.0883. The maximum absolute atomic E-state index is 12.2. The Labute approximate surface area is 114 Å². The molecule has 1 aliphatic heterocycles. The Morgan fingerprint density at radius 1 is 1.32 bits per heavy atom. The van der Waals surface area contributed by atoms with E-state index in [1.54, 1.807) is 0 Å². The van der Waals surface area contributed by atoms with Crippen molar-refractivity contribution in [2.75, 3.05) is 13.2 Å². The zero-order valence-corrected chi connectivity index (χ0v) is 11.4. The van der Waals surface area contributed by atoms with E-state index in [1.165, 1.54) is 25.7 Å². The fourth-order valence-corrected chi connectivity index (χ4v) is 3.16. The molecule has 0 bridgehead atoms. The molecule has 0 aromatic carbocycles. The van der Waals surface area contributed by atoms with Crippen LogP contribution in [0.25, 0.3) is 0 Å². The van der Waals surface area contributed by atoms with Gasteiger partial charge in [-0.3, -0.25) is 9.48 Å². The largest absolute Gasteiger partial charge is 0.381 e. The van der Waals surface area contributed by atoms with E-state index in [0.717, 1.165) is 25.1 Å². The lowest BCUT2D eigenvalue weighted by molar-refractivity contribution is -0.126. The third kappa shape index (κ3) is 3.06. The van der Waals surface area contributed by atoms with Crippen LogP contribution in [0.15, 0.2) is 12.3 Å². The van der Waals surface area contributed by atoms with Crippen molar-refractivity contribution in [3.8, 4) is 0 Å². The molecule has 104 valence electrons. The number of nitrogens with zero attached hydrogens (tertiary/aromatic N) is 2. The third-order valence-electron chi connectivity index (χ3n) is 4.33. The number of ketones is 1. The Hall–Kier alpha value is -1.16. The minimum Gasteiger partial charge on any atom is -0.381 e. The highest BCUT2D eigenvalue weighted by molar-refractivity contribution is 5.83. The number of hydrogen-bond donors (Lipinski definition) is 0. The summed E-state index contributed by atoms with van der Waals surface area (Å²) in [5.74, 6) is 0.377. The maximum atomic E-state index is 12.2. The Morgan fingerprint density at radius 2 is 2.16 bits per heavy atom. The molecule has 1 atom stereocenters. The summed E-state index contributed by atoms with van der Waals surface area (Å²) in [4.78, 5) is 12.2. The summed E-state index contributed by atoms with van der Waals surface area (Å²) in [7, 11) is 0. The second-order valence-corrected chi connectivity index (χ2v) is 5.78. The number of hydrogen-bond acceptors (Lipinski definition) is 3. The standard InChI is InChI=1S/C15H22N2O2/c18-15(12-4-3-9-19-11-12)10-13-7-8-17(16-13)14-5-1-2-6-14/h7-8,12,14H,1-6,9-11H2. The SMILES string of the molecule is O=C(Cc1ccn(C2CCCC2)n1)C1CCCOC1. The van der Waals surface area contributed by atoms with Gasteiger partial charge in [-0.15, -0.1) is 0 Å². The first-order valence-corrected chi connectivity index (χ1v) is 7.47. The molecule has 0 radical (unpaired) electrons. The van der Waals surface area contributed by atoms with Crippen LogP contribution in [-0.4, -0.2) is 28.8 Å². The highest BCUT2D eigenvalue weighted by atomic mass is 16.5. The molecule has 2 fully saturated rings. The summed E-state index contributed by atoms with van der Waals surface area (Å²) < 4.78 is 7.44. The van der Waals surface area contributed by atoms with E-state index in [1.807, 2.05) is 12.3 Å². The molecule has 0 N–H and O–H groups in total. The fraction of sp³-hybridized carbons (Fsp3) is 0.733. The average molecular weight is 262 g/mol. The molecular formula is C15H22N2O2. The van der Waals surface area contributed by atoms with Crippen LogP contribution in [0, 0.1) is 5.92 Å². The molecule has 1 unspecified atom stereocenters. The molecule has 0 spiro atoms. The number of carbonyl (C=O) groups is 1. The van der Waals surface area contributed by atoms with Crippen molar-refractivity contribution in [1.29, 1.82) is 0 Å². The summed E-state index contributed by atoms with van der Waals surface area (Å²) in [5, 5.41) is 4.58. The molecule has 1 aromatic heterocycles. The normalized spacial score (nSPS) is 24.7. The highest BCUT2D eigenvalue weighted by Crippen LogP contribution is 2.28. The third-order valence-corrected chi connectivity index (χ3v) is 4.33. The summed E-state index contributed by atoms with van der Waals surface area (Å²) >= 11 is 0. The van der Waals surface area contributed by atoms with Gasteiger partial charge in [0.2, 0.25) is 0 Å². The Morgan fingerprint density at radius 3 is 2.89 bits per heavy atom. The van der Waals surface area contributed by atoms with Gasteiger partial charge in [-0.1, -0.05) is 12.8 Å². The summed E-state index contributed by atoms with van der Waals surface area (Å²) in [5.41, 5.74) is 0.919. The van der Waals surface area contributed by atoms with Gasteiger partial charge < -0.3 is 4.74 Å². The topological polar surface area (TPSA) is 44.1 Å². The fourth-order valence-electron chi connectivity index (χ4n) is 3.16. The first-order chi connectivity index (χ1) is 9.33. The molecular weight excluding hydrogens is 240 g/mol. The van der Waals surface area contributed by atoms with Crippen LogP contribution in [0.1, 0.15) is 50.3 Å². The zero-order chi connectivity index (χ0) is 13.1. The van der Waals surface area contributed by atoms with Gasteiger partial charge in [0, 0.05) is 18.7 Å². The summed E-state index contributed by atoms with van der Waals surface area (Å²) in [6.45, 7) is 1.41. The second kappa shape index (κ2) is 5.87. The molecule has 0 amide bonds. The van der Waals surface area contributed by atoms with E-state index in [4.69, 9.17) is 4.74 Å². The molecule has 1 aliphatic carbocycles. The van der Waals surface area contributed by atoms with E-state index in [2.05, 4.69) is 9.78 Å². The van der Waals surface area contributed by atoms with Crippen molar-refractivity contribution in [3.05, 3.63) is 18.0 Å². The quantitative estimate of drug-likeness (QED) is 0.837. The van der Waals surface area contributed by atoms with Gasteiger partial charge in [-0.2, -0.15) is 5.10 Å². The van der Waals surface area contributed by atoms with Gasteiger partial charge in [-0.05, 0) is 31.7 Å². The molecule has 1 saturated carbocycles. The summed E-state index contributed by atoms with van der Waals surface area (Å²) in [6, 6.07) is 2.56. The van der Waals surface area contributed by atoms with Crippen LogP contribution in [0.3, 0.4) is 0 Å². The molecule has 4 heteroatoms. The van der Waals surface area contributed by atoms with Crippen molar-refractivity contribution in [3.63, 3.8) is 0 Å². The van der Waals surface area contributed by atoms with Crippen LogP contribution in [-0.2, 0) is 16.0 Å². The average Bonchev–Trinajstić information content (AvgIpc) is 3.10. The van der Waals surface area contributed by atoms with Crippen LogP contribution in [0.5, 0.6) is 0 Å². The van der Waals surface area contributed by atoms with Crippen molar-refractivity contribution in [2.24, 2.45) is 5.92 Å². The Balaban J connectivity index is 1.58. The first-order valence-electron chi connectivity index (χ1n) is 7.47. The Kier molecular flexibility index (Phi) is 3.97. The molecule has 1 saturated heterocycles. The molecule has 3 rings (SSSR count). The minimum atomic E-state index is 0.0883. The van der Waals surface area contributed by atoms with Crippen molar-refractivity contribution in [2.45, 2.75) is 51.0 Å². The Bertz CT molecular complexity index is 429.